The molecule has 0 aliphatic heterocycles. The van der Waals surface area contributed by atoms with Gasteiger partial charge in [-0.1, -0.05) is 30.0 Å². The number of carbonyl (C=O) groups excluding carboxylic acids is 2. The molecule has 38 heavy (non-hydrogen) atoms. The number of hydrogen-bond acceptors (Lipinski definition) is 6. The molecule has 0 saturated heterocycles. The number of aromatic nitrogens is 2. The molecule has 4 rings (SSSR count). The Balaban J connectivity index is 1.79. The molecule has 1 aromatic heterocycles. The summed E-state index contributed by atoms with van der Waals surface area (Å²) in [6, 6.07) is 15.8. The van der Waals surface area contributed by atoms with E-state index in [0.717, 1.165) is 22.9 Å². The highest BCUT2D eigenvalue weighted by Crippen LogP contribution is 2.28. The van der Waals surface area contributed by atoms with Gasteiger partial charge in [0.05, 0.1) is 28.4 Å². The number of hydrogen-bond donors (Lipinski definition) is 1. The number of rotatable bonds is 9. The number of carbonyl (C=O) groups is 2. The topological polar surface area (TPSA) is 90.3 Å². The first-order chi connectivity index (χ1) is 18.2. The van der Waals surface area contributed by atoms with E-state index in [-0.39, 0.29) is 22.2 Å². The van der Waals surface area contributed by atoms with Crippen molar-refractivity contribution in [1.29, 1.82) is 0 Å². The summed E-state index contributed by atoms with van der Waals surface area (Å²) in [5.74, 6) is -0.954. The summed E-state index contributed by atoms with van der Waals surface area (Å²) < 4.78 is 20.4. The molecule has 9 heteroatoms. The van der Waals surface area contributed by atoms with Crippen molar-refractivity contribution in [2.45, 2.75) is 31.2 Å². The molecular formula is C29H28FN3O4S. The van der Waals surface area contributed by atoms with Crippen LogP contribution >= 0.6 is 11.8 Å². The summed E-state index contributed by atoms with van der Waals surface area (Å²) in [6.45, 7) is 6.36. The number of amides is 1. The van der Waals surface area contributed by atoms with E-state index in [1.165, 1.54) is 34.9 Å². The Kier molecular flexibility index (Phi) is 8.38. The molecule has 1 atom stereocenters. The molecule has 1 amide bonds. The molecule has 0 aliphatic carbocycles. The molecule has 1 N–H and O–H groups in total. The molecule has 196 valence electrons. The van der Waals surface area contributed by atoms with Crippen LogP contribution < -0.4 is 10.9 Å². The molecule has 0 unspecified atom stereocenters. The Morgan fingerprint density at radius 2 is 1.82 bits per heavy atom. The van der Waals surface area contributed by atoms with E-state index in [4.69, 9.17) is 4.74 Å². The Morgan fingerprint density at radius 3 is 2.53 bits per heavy atom. The minimum atomic E-state index is -0.596. The van der Waals surface area contributed by atoms with Gasteiger partial charge in [0.1, 0.15) is 5.82 Å². The van der Waals surface area contributed by atoms with E-state index < -0.39 is 16.6 Å². The number of fused-ring (bicyclic) bond motifs is 1. The Bertz CT molecular complexity index is 1580. The van der Waals surface area contributed by atoms with Gasteiger partial charge in [0.15, 0.2) is 10.9 Å². The van der Waals surface area contributed by atoms with Crippen molar-refractivity contribution in [2.75, 3.05) is 20.3 Å². The van der Waals surface area contributed by atoms with E-state index >= 15 is 0 Å². The molecule has 0 aliphatic rings. The van der Waals surface area contributed by atoms with Gasteiger partial charge in [0, 0.05) is 24.8 Å². The number of thioether (sulfide) groups is 1. The normalized spacial score (nSPS) is 11.9. The molecule has 0 spiro atoms. The molecule has 0 fully saturated rings. The van der Waals surface area contributed by atoms with Gasteiger partial charge in [-0.05, 0) is 74.4 Å². The lowest BCUT2D eigenvalue weighted by Crippen LogP contribution is -2.27. The molecule has 0 bridgehead atoms. The molecular weight excluding hydrogens is 505 g/mol. The fourth-order valence-electron chi connectivity index (χ4n) is 3.94. The van der Waals surface area contributed by atoms with Crippen LogP contribution in [-0.2, 0) is 4.74 Å². The summed E-state index contributed by atoms with van der Waals surface area (Å²) >= 11 is 1.11. The molecule has 0 radical (unpaired) electrons. The number of aryl methyl sites for hydroxylation is 2. The van der Waals surface area contributed by atoms with E-state index in [9.17, 15) is 18.8 Å². The van der Waals surface area contributed by atoms with Crippen LogP contribution in [0.25, 0.3) is 16.6 Å². The van der Waals surface area contributed by atoms with Crippen LogP contribution in [0.2, 0.25) is 0 Å². The van der Waals surface area contributed by atoms with Crippen LogP contribution in [0, 0.1) is 19.7 Å². The maximum Gasteiger partial charge on any atom is 0.266 e. The Hall–Kier alpha value is -3.82. The van der Waals surface area contributed by atoms with Crippen molar-refractivity contribution in [2.24, 2.45) is 0 Å². The van der Waals surface area contributed by atoms with E-state index in [1.807, 2.05) is 26.0 Å². The average Bonchev–Trinajstić information content (AvgIpc) is 2.89. The van der Waals surface area contributed by atoms with Gasteiger partial charge >= 0.3 is 0 Å². The number of ketones is 1. The third-order valence-electron chi connectivity index (χ3n) is 6.20. The number of Topliss-reactive ketones (excluding diaryl/α,β-unsaturated/α-hetero) is 1. The first-order valence-electron chi connectivity index (χ1n) is 12.1. The summed E-state index contributed by atoms with van der Waals surface area (Å²) in [5.41, 5.74) is 3.14. The highest BCUT2D eigenvalue weighted by atomic mass is 32.2. The Labute approximate surface area is 224 Å². The number of halogens is 1. The van der Waals surface area contributed by atoms with E-state index in [2.05, 4.69) is 10.3 Å². The predicted octanol–water partition coefficient (Wildman–Crippen LogP) is 4.88. The van der Waals surface area contributed by atoms with Crippen molar-refractivity contribution in [3.63, 3.8) is 0 Å². The lowest BCUT2D eigenvalue weighted by atomic mass is 10.0. The van der Waals surface area contributed by atoms with Crippen molar-refractivity contribution < 1.29 is 18.7 Å². The molecule has 4 aromatic rings. The third-order valence-corrected chi connectivity index (χ3v) is 7.25. The Morgan fingerprint density at radius 1 is 1.05 bits per heavy atom. The number of benzene rings is 3. The zero-order valence-corrected chi connectivity index (χ0v) is 22.4. The molecule has 0 saturated carbocycles. The summed E-state index contributed by atoms with van der Waals surface area (Å²) in [5, 5.41) is 2.63. The standard InChI is InChI=1S/C29H28FN3O4S/c1-17-8-9-20(14-18(17)2)26(34)19(3)38-29-32-25-15-21(27(35)31-12-13-37-4)10-11-24(25)28(36)33(29)23-7-5-6-22(30)16-23/h5-11,14-16,19H,12-13H2,1-4H3,(H,31,35)/t19-/m1/s1. The smallest absolute Gasteiger partial charge is 0.266 e. The second-order valence-electron chi connectivity index (χ2n) is 8.92. The summed E-state index contributed by atoms with van der Waals surface area (Å²) in [6.07, 6.45) is 0. The highest BCUT2D eigenvalue weighted by molar-refractivity contribution is 8.00. The van der Waals surface area contributed by atoms with Gasteiger partial charge in [0.2, 0.25) is 0 Å². The monoisotopic (exact) mass is 533 g/mol. The second-order valence-corrected chi connectivity index (χ2v) is 10.2. The van der Waals surface area contributed by atoms with Crippen LogP contribution in [0.4, 0.5) is 4.39 Å². The minimum absolute atomic E-state index is 0.121. The number of nitrogens with one attached hydrogen (secondary N) is 1. The third kappa shape index (κ3) is 5.84. The van der Waals surface area contributed by atoms with Gasteiger partial charge in [0.25, 0.3) is 11.5 Å². The minimum Gasteiger partial charge on any atom is -0.383 e. The van der Waals surface area contributed by atoms with Crippen molar-refractivity contribution in [1.82, 2.24) is 14.9 Å². The fourth-order valence-corrected chi connectivity index (χ4v) is 4.94. The van der Waals surface area contributed by atoms with Gasteiger partial charge < -0.3 is 10.1 Å². The lowest BCUT2D eigenvalue weighted by molar-refractivity contribution is 0.0936. The number of nitrogens with zero attached hydrogens (tertiary/aromatic N) is 2. The van der Waals surface area contributed by atoms with Crippen LogP contribution in [-0.4, -0.2) is 46.8 Å². The van der Waals surface area contributed by atoms with Crippen LogP contribution in [0.3, 0.4) is 0 Å². The van der Waals surface area contributed by atoms with Crippen molar-refractivity contribution >= 4 is 34.4 Å². The highest BCUT2D eigenvalue weighted by Gasteiger charge is 2.22. The quantitative estimate of drug-likeness (QED) is 0.143. The van der Waals surface area contributed by atoms with Crippen LogP contribution in [0.5, 0.6) is 0 Å². The maximum atomic E-state index is 14.1. The second kappa shape index (κ2) is 11.7. The van der Waals surface area contributed by atoms with Crippen molar-refractivity contribution in [3.8, 4) is 5.69 Å². The van der Waals surface area contributed by atoms with Gasteiger partial charge in [-0.25, -0.2) is 9.37 Å². The fraction of sp³-hybridized carbons (Fsp3) is 0.241. The average molecular weight is 534 g/mol. The zero-order chi connectivity index (χ0) is 27.4. The predicted molar refractivity (Wildman–Crippen MR) is 147 cm³/mol. The van der Waals surface area contributed by atoms with Gasteiger partial charge in [-0.2, -0.15) is 0 Å². The first kappa shape index (κ1) is 27.2. The van der Waals surface area contributed by atoms with Gasteiger partial charge in [-0.3, -0.25) is 19.0 Å². The van der Waals surface area contributed by atoms with Gasteiger partial charge in [-0.15, -0.1) is 0 Å². The van der Waals surface area contributed by atoms with Crippen molar-refractivity contribution in [3.05, 3.63) is 99.1 Å². The first-order valence-corrected chi connectivity index (χ1v) is 13.0. The molecule has 3 aromatic carbocycles. The lowest BCUT2D eigenvalue weighted by Gasteiger charge is -2.17. The molecule has 7 nitrogen and oxygen atoms in total. The van der Waals surface area contributed by atoms with E-state index in [1.54, 1.807) is 32.2 Å². The summed E-state index contributed by atoms with van der Waals surface area (Å²) in [7, 11) is 1.54. The number of methoxy groups -OCH3 is 1. The maximum absolute atomic E-state index is 14.1. The van der Waals surface area contributed by atoms with Crippen LogP contribution in [0.15, 0.2) is 70.6 Å². The van der Waals surface area contributed by atoms with E-state index in [0.29, 0.717) is 35.5 Å². The number of ether oxygens (including phenoxy) is 1. The SMILES string of the molecule is COCCNC(=O)c1ccc2c(=O)n(-c3cccc(F)c3)c(S[C@H](C)C(=O)c3ccc(C)c(C)c3)nc2c1. The van der Waals surface area contributed by atoms with Crippen LogP contribution in [0.1, 0.15) is 38.8 Å². The largest absolute Gasteiger partial charge is 0.383 e. The zero-order valence-electron chi connectivity index (χ0n) is 21.6. The molecule has 1 heterocycles. The summed E-state index contributed by atoms with van der Waals surface area (Å²) in [4.78, 5) is 44.2.